The second kappa shape index (κ2) is 8.92. The summed E-state index contributed by atoms with van der Waals surface area (Å²) in [7, 11) is -2.20. The monoisotopic (exact) mass is 398 g/mol. The first-order chi connectivity index (χ1) is 12.6. The van der Waals surface area contributed by atoms with Crippen LogP contribution in [0.3, 0.4) is 0 Å². The molecule has 2 aromatic carbocycles. The molecule has 0 aromatic heterocycles. The summed E-state index contributed by atoms with van der Waals surface area (Å²) in [5, 5.41) is 2.56. The van der Waals surface area contributed by atoms with Crippen molar-refractivity contribution in [2.45, 2.75) is 13.0 Å². The zero-order valence-electron chi connectivity index (χ0n) is 14.9. The number of halogens is 2. The van der Waals surface area contributed by atoms with Crippen LogP contribution >= 0.6 is 0 Å². The van der Waals surface area contributed by atoms with Crippen molar-refractivity contribution in [3.05, 3.63) is 59.7 Å². The first-order valence-electron chi connectivity index (χ1n) is 7.98. The fourth-order valence-corrected chi connectivity index (χ4v) is 2.69. The summed E-state index contributed by atoms with van der Waals surface area (Å²) in [6, 6.07) is 13.5. The van der Waals surface area contributed by atoms with E-state index in [4.69, 9.17) is 0 Å². The molecule has 0 fully saturated rings. The van der Waals surface area contributed by atoms with Crippen LogP contribution < -0.4 is 10.1 Å². The van der Waals surface area contributed by atoms with Gasteiger partial charge in [-0.2, -0.15) is 13.1 Å². The van der Waals surface area contributed by atoms with Crippen LogP contribution in [0, 0.1) is 0 Å². The summed E-state index contributed by atoms with van der Waals surface area (Å²) >= 11 is 0. The molecule has 6 nitrogen and oxygen atoms in total. The highest BCUT2D eigenvalue weighted by atomic mass is 32.2. The molecule has 2 aromatic rings. The van der Waals surface area contributed by atoms with Gasteiger partial charge in [-0.15, -0.1) is 0 Å². The third-order valence-corrected chi connectivity index (χ3v) is 4.99. The van der Waals surface area contributed by atoms with Gasteiger partial charge in [0.2, 0.25) is 15.9 Å². The quantitative estimate of drug-likeness (QED) is 0.742. The van der Waals surface area contributed by atoms with E-state index in [-0.39, 0.29) is 12.3 Å². The topological polar surface area (TPSA) is 75.7 Å². The Balaban J connectivity index is 2.20. The highest BCUT2D eigenvalue weighted by Gasteiger charge is 2.16. The third-order valence-electron chi connectivity index (χ3n) is 3.73. The normalized spacial score (nSPS) is 11.6. The molecule has 0 unspecified atom stereocenters. The molecule has 0 atom stereocenters. The van der Waals surface area contributed by atoms with Gasteiger partial charge in [0.1, 0.15) is 5.75 Å². The molecule has 0 radical (unpaired) electrons. The van der Waals surface area contributed by atoms with Crippen LogP contribution in [-0.4, -0.2) is 45.1 Å². The van der Waals surface area contributed by atoms with Crippen molar-refractivity contribution in [1.82, 2.24) is 4.31 Å². The summed E-state index contributed by atoms with van der Waals surface area (Å²) in [6.45, 7) is -3.33. The number of nitrogens with one attached hydrogen (secondary N) is 1. The lowest BCUT2D eigenvalue weighted by Gasteiger charge is -2.16. The molecule has 0 saturated carbocycles. The molecule has 9 heteroatoms. The molecule has 1 N–H and O–H groups in total. The van der Waals surface area contributed by atoms with Gasteiger partial charge in [0.05, 0.1) is 12.8 Å². The molecule has 1 amide bonds. The number of likely N-dealkylation sites (N-methyl/N-ethyl adjacent to an activating group) is 1. The zero-order valence-corrected chi connectivity index (χ0v) is 15.7. The number of anilines is 1. The molecular weight excluding hydrogens is 378 g/mol. The van der Waals surface area contributed by atoms with Crippen molar-refractivity contribution < 1.29 is 26.7 Å². The van der Waals surface area contributed by atoms with E-state index >= 15 is 0 Å². The van der Waals surface area contributed by atoms with Crippen LogP contribution in [0.25, 0.3) is 0 Å². The lowest BCUT2D eigenvalue weighted by molar-refractivity contribution is -0.116. The van der Waals surface area contributed by atoms with Crippen LogP contribution in [0.1, 0.15) is 11.1 Å². The molecule has 0 aliphatic rings. The van der Waals surface area contributed by atoms with E-state index in [2.05, 4.69) is 10.1 Å². The lowest BCUT2D eigenvalue weighted by Crippen LogP contribution is -2.34. The van der Waals surface area contributed by atoms with Crippen molar-refractivity contribution in [1.29, 1.82) is 0 Å². The van der Waals surface area contributed by atoms with Crippen molar-refractivity contribution in [3.8, 4) is 5.75 Å². The van der Waals surface area contributed by atoms with E-state index < -0.39 is 22.5 Å². The predicted octanol–water partition coefficient (Wildman–Crippen LogP) is 2.71. The summed E-state index contributed by atoms with van der Waals surface area (Å²) in [5.41, 5.74) is 1.71. The molecule has 0 spiro atoms. The Bertz CT molecular complexity index is 889. The molecule has 27 heavy (non-hydrogen) atoms. The van der Waals surface area contributed by atoms with Crippen LogP contribution in [-0.2, 0) is 21.2 Å². The van der Waals surface area contributed by atoms with Gasteiger partial charge in [-0.25, -0.2) is 8.42 Å². The molecule has 0 bridgehead atoms. The van der Waals surface area contributed by atoms with Gasteiger partial charge in [-0.3, -0.25) is 4.79 Å². The molecular formula is C18H20F2N2O4S. The van der Waals surface area contributed by atoms with E-state index in [1.165, 1.54) is 25.2 Å². The van der Waals surface area contributed by atoms with Crippen LogP contribution in [0.15, 0.2) is 48.5 Å². The number of hydrogen-bond acceptors (Lipinski definition) is 4. The van der Waals surface area contributed by atoms with E-state index in [9.17, 15) is 22.0 Å². The second-order valence-electron chi connectivity index (χ2n) is 5.93. The first kappa shape index (κ1) is 20.8. The number of ether oxygens (including phenoxy) is 1. The number of nitrogens with zero attached hydrogens (tertiary/aromatic N) is 1. The Hall–Kier alpha value is -2.52. The first-order valence-corrected chi connectivity index (χ1v) is 9.83. The van der Waals surface area contributed by atoms with Crippen molar-refractivity contribution >= 4 is 21.6 Å². The Morgan fingerprint density at radius 1 is 1.19 bits per heavy atom. The number of carbonyl (C=O) groups excluding carboxylic acids is 1. The average molecular weight is 398 g/mol. The highest BCUT2D eigenvalue weighted by Crippen LogP contribution is 2.27. The largest absolute Gasteiger partial charge is 0.435 e. The lowest BCUT2D eigenvalue weighted by atomic mass is 10.0. The molecule has 146 valence electrons. The summed E-state index contributed by atoms with van der Waals surface area (Å²) in [6.07, 6.45) is 1.32. The maximum Gasteiger partial charge on any atom is 0.387 e. The summed E-state index contributed by atoms with van der Waals surface area (Å²) in [5.74, 6) is -0.531. The number of rotatable bonds is 8. The highest BCUT2D eigenvalue weighted by molar-refractivity contribution is 7.88. The number of amides is 1. The predicted molar refractivity (Wildman–Crippen MR) is 98.4 cm³/mol. The van der Waals surface area contributed by atoms with Gasteiger partial charge in [0.25, 0.3) is 0 Å². The molecule has 0 saturated heterocycles. The Morgan fingerprint density at radius 3 is 2.44 bits per heavy atom. The van der Waals surface area contributed by atoms with Crippen LogP contribution in [0.5, 0.6) is 5.75 Å². The Labute approximate surface area is 156 Å². The maximum absolute atomic E-state index is 12.7. The van der Waals surface area contributed by atoms with Crippen LogP contribution in [0.2, 0.25) is 0 Å². The van der Waals surface area contributed by atoms with Gasteiger partial charge >= 0.3 is 6.61 Å². The van der Waals surface area contributed by atoms with Gasteiger partial charge in [0.15, 0.2) is 0 Å². The average Bonchev–Trinajstić information content (AvgIpc) is 2.57. The minimum absolute atomic E-state index is 0.0140. The number of benzene rings is 2. The van der Waals surface area contributed by atoms with E-state index in [1.807, 2.05) is 30.3 Å². The Morgan fingerprint density at radius 2 is 1.85 bits per heavy atom. The number of hydrogen-bond donors (Lipinski definition) is 1. The molecule has 0 heterocycles. The number of alkyl halides is 2. The van der Waals surface area contributed by atoms with Gasteiger partial charge in [-0.05, 0) is 23.8 Å². The number of carbonyl (C=O) groups is 1. The SMILES string of the molecule is CN(CC(=O)Nc1ccc(OC(F)F)c(Cc2ccccc2)c1)S(C)(=O)=O. The van der Waals surface area contributed by atoms with Crippen molar-refractivity contribution in [2.75, 3.05) is 25.2 Å². The Kier molecular flexibility index (Phi) is 6.86. The summed E-state index contributed by atoms with van der Waals surface area (Å²) < 4.78 is 53.5. The fourth-order valence-electron chi connectivity index (χ4n) is 2.34. The molecule has 0 aliphatic carbocycles. The fraction of sp³-hybridized carbons (Fsp3) is 0.278. The van der Waals surface area contributed by atoms with Crippen LogP contribution in [0.4, 0.5) is 14.5 Å². The van der Waals surface area contributed by atoms with Gasteiger partial charge in [-0.1, -0.05) is 30.3 Å². The van der Waals surface area contributed by atoms with E-state index in [0.29, 0.717) is 17.7 Å². The minimum Gasteiger partial charge on any atom is -0.435 e. The minimum atomic E-state index is -3.49. The molecule has 0 aliphatic heterocycles. The van der Waals surface area contributed by atoms with Crippen molar-refractivity contribution in [3.63, 3.8) is 0 Å². The van der Waals surface area contributed by atoms with E-state index in [1.54, 1.807) is 0 Å². The smallest absolute Gasteiger partial charge is 0.387 e. The van der Waals surface area contributed by atoms with Crippen molar-refractivity contribution in [2.24, 2.45) is 0 Å². The maximum atomic E-state index is 12.7. The molecule has 2 rings (SSSR count). The number of sulfonamides is 1. The van der Waals surface area contributed by atoms with E-state index in [0.717, 1.165) is 16.1 Å². The standard InChI is InChI=1S/C18H20F2N2O4S/c1-22(27(2,24)25)12-17(23)21-15-8-9-16(26-18(19)20)14(11-15)10-13-6-4-3-5-7-13/h3-9,11,18H,10,12H2,1-2H3,(H,21,23). The second-order valence-corrected chi connectivity index (χ2v) is 8.02. The summed E-state index contributed by atoms with van der Waals surface area (Å²) in [4.78, 5) is 12.0. The third kappa shape index (κ3) is 6.61. The van der Waals surface area contributed by atoms with Gasteiger partial charge < -0.3 is 10.1 Å². The van der Waals surface area contributed by atoms with Gasteiger partial charge in [0, 0.05) is 24.7 Å². The zero-order chi connectivity index (χ0) is 20.0.